The first-order chi connectivity index (χ1) is 12.7. The van der Waals surface area contributed by atoms with E-state index in [0.29, 0.717) is 12.6 Å². The van der Waals surface area contributed by atoms with E-state index in [1.807, 2.05) is 29.6 Å². The number of fused-ring (bicyclic) bond motifs is 4. The van der Waals surface area contributed by atoms with E-state index < -0.39 is 5.54 Å². The molecule has 7 heteroatoms. The molecule has 2 saturated heterocycles. The SMILES string of the molecule is O=C(NCc1nccs1)[C@@H]1C[C@H]2CCCN2[C@]12C(=O)Nc1ccccc12. The van der Waals surface area contributed by atoms with Crippen LogP contribution in [0, 0.1) is 5.92 Å². The molecular weight excluding hydrogens is 348 g/mol. The van der Waals surface area contributed by atoms with Crippen LogP contribution in [0.3, 0.4) is 0 Å². The second kappa shape index (κ2) is 5.89. The second-order valence-electron chi connectivity index (χ2n) is 7.19. The van der Waals surface area contributed by atoms with Gasteiger partial charge in [0, 0.05) is 28.9 Å². The van der Waals surface area contributed by atoms with E-state index in [-0.39, 0.29) is 17.7 Å². The van der Waals surface area contributed by atoms with Gasteiger partial charge in [-0.05, 0) is 31.9 Å². The minimum absolute atomic E-state index is 0.0542. The van der Waals surface area contributed by atoms with Gasteiger partial charge >= 0.3 is 0 Å². The zero-order chi connectivity index (χ0) is 17.7. The zero-order valence-corrected chi connectivity index (χ0v) is 15.1. The van der Waals surface area contributed by atoms with Crippen LogP contribution in [0.4, 0.5) is 5.69 Å². The summed E-state index contributed by atoms with van der Waals surface area (Å²) in [6.07, 6.45) is 4.59. The minimum Gasteiger partial charge on any atom is -0.349 e. The number of thiazole rings is 1. The lowest BCUT2D eigenvalue weighted by Gasteiger charge is -2.36. The predicted molar refractivity (Wildman–Crippen MR) is 98.5 cm³/mol. The van der Waals surface area contributed by atoms with Gasteiger partial charge in [-0.2, -0.15) is 0 Å². The largest absolute Gasteiger partial charge is 0.349 e. The van der Waals surface area contributed by atoms with Gasteiger partial charge in [0.15, 0.2) is 0 Å². The van der Waals surface area contributed by atoms with Crippen LogP contribution in [0.5, 0.6) is 0 Å². The number of hydrogen-bond acceptors (Lipinski definition) is 5. The maximum Gasteiger partial charge on any atom is 0.250 e. The van der Waals surface area contributed by atoms with E-state index in [4.69, 9.17) is 0 Å². The van der Waals surface area contributed by atoms with Gasteiger partial charge in [0.25, 0.3) is 0 Å². The van der Waals surface area contributed by atoms with Crippen LogP contribution >= 0.6 is 11.3 Å². The number of carbonyl (C=O) groups excluding carboxylic acids is 2. The highest BCUT2D eigenvalue weighted by Crippen LogP contribution is 2.55. The lowest BCUT2D eigenvalue weighted by atomic mass is 9.78. The molecular formula is C19H20N4O2S. The molecule has 3 aliphatic heterocycles. The van der Waals surface area contributed by atoms with E-state index in [2.05, 4.69) is 20.5 Å². The molecule has 3 aliphatic rings. The van der Waals surface area contributed by atoms with Gasteiger partial charge in [0.2, 0.25) is 11.8 Å². The number of carbonyl (C=O) groups is 2. The minimum atomic E-state index is -0.870. The Bertz CT molecular complexity index is 868. The second-order valence-corrected chi connectivity index (χ2v) is 8.17. The Kier molecular flexibility index (Phi) is 3.62. The highest BCUT2D eigenvalue weighted by molar-refractivity contribution is 7.09. The normalized spacial score (nSPS) is 29.6. The molecule has 1 aromatic heterocycles. The summed E-state index contributed by atoms with van der Waals surface area (Å²) in [6, 6.07) is 8.09. The first kappa shape index (κ1) is 16.0. The van der Waals surface area contributed by atoms with Crippen molar-refractivity contribution < 1.29 is 9.59 Å². The van der Waals surface area contributed by atoms with Gasteiger partial charge < -0.3 is 10.6 Å². The van der Waals surface area contributed by atoms with Crippen molar-refractivity contribution in [3.8, 4) is 0 Å². The molecule has 1 aromatic carbocycles. The standard InChI is InChI=1S/C19H20N4O2S/c24-17(21-11-16-20-7-9-26-16)14-10-12-4-3-8-23(12)19(14)13-5-1-2-6-15(13)22-18(19)25/h1-2,5-7,9,12,14H,3-4,8,10-11H2,(H,21,24)(H,22,25)/t12-,14+,19+/m1/s1. The number of amides is 2. The smallest absolute Gasteiger partial charge is 0.250 e. The van der Waals surface area contributed by atoms with Crippen molar-refractivity contribution in [2.45, 2.75) is 37.4 Å². The predicted octanol–water partition coefficient (Wildman–Crippen LogP) is 2.09. The summed E-state index contributed by atoms with van der Waals surface area (Å²) < 4.78 is 0. The number of nitrogens with zero attached hydrogens (tertiary/aromatic N) is 2. The average molecular weight is 368 g/mol. The van der Waals surface area contributed by atoms with E-state index in [0.717, 1.165) is 42.1 Å². The van der Waals surface area contributed by atoms with Gasteiger partial charge in [-0.1, -0.05) is 18.2 Å². The Morgan fingerprint density at radius 2 is 2.31 bits per heavy atom. The molecule has 2 fully saturated rings. The first-order valence-corrected chi connectivity index (χ1v) is 9.93. The van der Waals surface area contributed by atoms with Crippen LogP contribution in [-0.2, 0) is 21.7 Å². The third-order valence-electron chi connectivity index (χ3n) is 5.99. The monoisotopic (exact) mass is 368 g/mol. The summed E-state index contributed by atoms with van der Waals surface area (Å²) in [5.41, 5.74) is 0.914. The van der Waals surface area contributed by atoms with Crippen LogP contribution in [0.25, 0.3) is 0 Å². The molecule has 0 aliphatic carbocycles. The quantitative estimate of drug-likeness (QED) is 0.870. The van der Waals surface area contributed by atoms with Crippen molar-refractivity contribution in [2.75, 3.05) is 11.9 Å². The molecule has 1 spiro atoms. The fourth-order valence-corrected chi connectivity index (χ4v) is 5.56. The van der Waals surface area contributed by atoms with Gasteiger partial charge in [-0.25, -0.2) is 4.98 Å². The van der Waals surface area contributed by atoms with Gasteiger partial charge in [-0.3, -0.25) is 14.5 Å². The molecule has 2 N–H and O–H groups in total. The van der Waals surface area contributed by atoms with E-state index >= 15 is 0 Å². The number of anilines is 1. The number of para-hydroxylation sites is 1. The van der Waals surface area contributed by atoms with Gasteiger partial charge in [0.05, 0.1) is 12.5 Å². The molecule has 4 heterocycles. The number of hydrogen-bond donors (Lipinski definition) is 2. The maximum absolute atomic E-state index is 13.2. The Morgan fingerprint density at radius 1 is 1.42 bits per heavy atom. The molecule has 2 amide bonds. The van der Waals surface area contributed by atoms with Crippen LogP contribution in [-0.4, -0.2) is 34.3 Å². The highest BCUT2D eigenvalue weighted by atomic mass is 32.1. The summed E-state index contributed by atoms with van der Waals surface area (Å²) >= 11 is 1.52. The summed E-state index contributed by atoms with van der Waals surface area (Å²) in [6.45, 7) is 1.28. The third kappa shape index (κ3) is 2.10. The van der Waals surface area contributed by atoms with Crippen molar-refractivity contribution in [3.63, 3.8) is 0 Å². The average Bonchev–Trinajstić information content (AvgIpc) is 3.39. The lowest BCUT2D eigenvalue weighted by Crippen LogP contribution is -2.54. The molecule has 134 valence electrons. The van der Waals surface area contributed by atoms with Crippen molar-refractivity contribution in [1.82, 2.24) is 15.2 Å². The van der Waals surface area contributed by atoms with Crippen molar-refractivity contribution in [3.05, 3.63) is 46.4 Å². The Balaban J connectivity index is 1.52. The molecule has 0 radical (unpaired) electrons. The molecule has 3 atom stereocenters. The van der Waals surface area contributed by atoms with Crippen LogP contribution in [0.2, 0.25) is 0 Å². The highest BCUT2D eigenvalue weighted by Gasteiger charge is 2.65. The topological polar surface area (TPSA) is 74.3 Å². The molecule has 26 heavy (non-hydrogen) atoms. The third-order valence-corrected chi connectivity index (χ3v) is 6.77. The molecule has 0 saturated carbocycles. The Hall–Kier alpha value is -2.25. The number of aromatic nitrogens is 1. The summed E-state index contributed by atoms with van der Waals surface area (Å²) in [4.78, 5) is 32.9. The van der Waals surface area contributed by atoms with Gasteiger partial charge in [-0.15, -0.1) is 11.3 Å². The fourth-order valence-electron chi connectivity index (χ4n) is 5.01. The van der Waals surface area contributed by atoms with Crippen molar-refractivity contribution in [1.29, 1.82) is 0 Å². The van der Waals surface area contributed by atoms with Crippen molar-refractivity contribution >= 4 is 28.8 Å². The lowest BCUT2D eigenvalue weighted by molar-refractivity contribution is -0.137. The summed E-state index contributed by atoms with van der Waals surface area (Å²) in [5.74, 6) is -0.490. The van der Waals surface area contributed by atoms with E-state index in [1.165, 1.54) is 11.3 Å². The van der Waals surface area contributed by atoms with E-state index in [9.17, 15) is 9.59 Å². The van der Waals surface area contributed by atoms with Crippen LogP contribution < -0.4 is 10.6 Å². The number of benzene rings is 1. The summed E-state index contributed by atoms with van der Waals surface area (Å²) in [7, 11) is 0. The number of rotatable bonds is 3. The van der Waals surface area contributed by atoms with Crippen molar-refractivity contribution in [2.24, 2.45) is 5.92 Å². The fraction of sp³-hybridized carbons (Fsp3) is 0.421. The number of nitrogens with one attached hydrogen (secondary N) is 2. The molecule has 2 aromatic rings. The molecule has 0 unspecified atom stereocenters. The van der Waals surface area contributed by atoms with E-state index in [1.54, 1.807) is 6.20 Å². The maximum atomic E-state index is 13.2. The zero-order valence-electron chi connectivity index (χ0n) is 14.3. The molecule has 6 nitrogen and oxygen atoms in total. The Morgan fingerprint density at radius 3 is 3.15 bits per heavy atom. The molecule has 5 rings (SSSR count). The van der Waals surface area contributed by atoms with Crippen LogP contribution in [0.1, 0.15) is 29.8 Å². The first-order valence-electron chi connectivity index (χ1n) is 9.05. The Labute approximate surface area is 155 Å². The van der Waals surface area contributed by atoms with Crippen LogP contribution in [0.15, 0.2) is 35.8 Å². The summed E-state index contributed by atoms with van der Waals surface area (Å²) in [5, 5.41) is 8.82. The van der Waals surface area contributed by atoms with Gasteiger partial charge in [0.1, 0.15) is 10.5 Å². The molecule has 0 bridgehead atoms.